The zero-order valence-electron chi connectivity index (χ0n) is 17.4. The number of anilines is 2. The van der Waals surface area contributed by atoms with Crippen LogP contribution in [-0.4, -0.2) is 23.4 Å². The Morgan fingerprint density at radius 3 is 2.35 bits per heavy atom. The first kappa shape index (κ1) is 21.4. The normalized spacial score (nSPS) is 14.2. The summed E-state index contributed by atoms with van der Waals surface area (Å²) in [7, 11) is -7.44. The van der Waals surface area contributed by atoms with Gasteiger partial charge in [0.15, 0.2) is 0 Å². The molecular weight excluding hydrogens is 432 g/mol. The van der Waals surface area contributed by atoms with Crippen LogP contribution in [0.2, 0.25) is 0 Å². The average Bonchev–Trinajstić information content (AvgIpc) is 2.75. The Morgan fingerprint density at radius 1 is 0.871 bits per heavy atom. The fraction of sp³-hybridized carbons (Fsp3) is 0.217. The first-order valence-corrected chi connectivity index (χ1v) is 12.9. The first-order chi connectivity index (χ1) is 14.7. The van der Waals surface area contributed by atoms with E-state index in [4.69, 9.17) is 0 Å². The summed E-state index contributed by atoms with van der Waals surface area (Å²) in [6.07, 6.45) is 1.33. The Labute approximate surface area is 183 Å². The van der Waals surface area contributed by atoms with E-state index < -0.39 is 20.0 Å². The standard InChI is InChI=1S/C23H24N2O4S2/c1-17-10-11-18(2)23(15-17)30(26,27)24-20-12-13-22-19(16-20)7-6-14-25(22)31(28,29)21-8-4-3-5-9-21/h3-5,8-13,15-16,24H,6-7,14H2,1-2H3. The van der Waals surface area contributed by atoms with Crippen LogP contribution in [0.3, 0.4) is 0 Å². The van der Waals surface area contributed by atoms with Gasteiger partial charge in [0.1, 0.15) is 0 Å². The summed E-state index contributed by atoms with van der Waals surface area (Å²) in [5.74, 6) is 0. The Morgan fingerprint density at radius 2 is 1.61 bits per heavy atom. The predicted octanol–water partition coefficient (Wildman–Crippen LogP) is 4.25. The molecule has 1 heterocycles. The molecule has 0 amide bonds. The molecule has 0 bridgehead atoms. The van der Waals surface area contributed by atoms with Crippen LogP contribution in [-0.2, 0) is 26.5 Å². The quantitative estimate of drug-likeness (QED) is 0.622. The van der Waals surface area contributed by atoms with Crippen LogP contribution in [0.4, 0.5) is 11.4 Å². The molecule has 0 radical (unpaired) electrons. The van der Waals surface area contributed by atoms with E-state index in [9.17, 15) is 16.8 Å². The van der Waals surface area contributed by atoms with Crippen LogP contribution in [0.25, 0.3) is 0 Å². The molecule has 0 unspecified atom stereocenters. The van der Waals surface area contributed by atoms with Crippen LogP contribution >= 0.6 is 0 Å². The molecule has 0 fully saturated rings. The van der Waals surface area contributed by atoms with Gasteiger partial charge in [0.25, 0.3) is 20.0 Å². The number of benzene rings is 3. The van der Waals surface area contributed by atoms with Gasteiger partial charge >= 0.3 is 0 Å². The van der Waals surface area contributed by atoms with E-state index in [1.165, 1.54) is 4.31 Å². The molecule has 0 saturated heterocycles. The maximum atomic E-state index is 13.1. The second-order valence-electron chi connectivity index (χ2n) is 7.71. The SMILES string of the molecule is Cc1ccc(C)c(S(=O)(=O)Nc2ccc3c(c2)CCCN3S(=O)(=O)c2ccccc2)c1. The second-order valence-corrected chi connectivity index (χ2v) is 11.2. The lowest BCUT2D eigenvalue weighted by Gasteiger charge is -2.31. The summed E-state index contributed by atoms with van der Waals surface area (Å²) in [5, 5.41) is 0. The molecule has 0 aromatic heterocycles. The highest BCUT2D eigenvalue weighted by Crippen LogP contribution is 2.34. The minimum atomic E-state index is -3.76. The van der Waals surface area contributed by atoms with E-state index in [0.717, 1.165) is 11.1 Å². The molecule has 1 aliphatic rings. The monoisotopic (exact) mass is 456 g/mol. The Bertz CT molecular complexity index is 1340. The summed E-state index contributed by atoms with van der Waals surface area (Å²) < 4.78 is 56.2. The van der Waals surface area contributed by atoms with E-state index in [1.54, 1.807) is 67.6 Å². The number of hydrogen-bond donors (Lipinski definition) is 1. The number of hydrogen-bond acceptors (Lipinski definition) is 4. The lowest BCUT2D eigenvalue weighted by atomic mass is 10.0. The maximum absolute atomic E-state index is 13.1. The molecule has 162 valence electrons. The van der Waals surface area contributed by atoms with Crippen molar-refractivity contribution >= 4 is 31.4 Å². The van der Waals surface area contributed by atoms with Gasteiger partial charge in [0.05, 0.1) is 15.5 Å². The van der Waals surface area contributed by atoms with Crippen LogP contribution < -0.4 is 9.03 Å². The molecular formula is C23H24N2O4S2. The molecule has 0 atom stereocenters. The number of nitrogens with one attached hydrogen (secondary N) is 1. The van der Waals surface area contributed by atoms with Crippen molar-refractivity contribution in [3.8, 4) is 0 Å². The van der Waals surface area contributed by atoms with Crippen molar-refractivity contribution in [2.45, 2.75) is 36.5 Å². The largest absolute Gasteiger partial charge is 0.280 e. The highest BCUT2D eigenvalue weighted by atomic mass is 32.2. The third-order valence-electron chi connectivity index (χ3n) is 5.37. The molecule has 1 aliphatic heterocycles. The third-order valence-corrected chi connectivity index (χ3v) is 8.72. The lowest BCUT2D eigenvalue weighted by Crippen LogP contribution is -2.35. The molecule has 1 N–H and O–H groups in total. The third kappa shape index (κ3) is 4.18. The van der Waals surface area contributed by atoms with Crippen molar-refractivity contribution in [2.75, 3.05) is 15.6 Å². The highest BCUT2D eigenvalue weighted by molar-refractivity contribution is 7.93. The van der Waals surface area contributed by atoms with E-state index in [1.807, 2.05) is 13.0 Å². The van der Waals surface area contributed by atoms with Gasteiger partial charge in [-0.25, -0.2) is 16.8 Å². The highest BCUT2D eigenvalue weighted by Gasteiger charge is 2.29. The molecule has 8 heteroatoms. The van der Waals surface area contributed by atoms with Gasteiger partial charge in [-0.1, -0.05) is 30.3 Å². The van der Waals surface area contributed by atoms with Gasteiger partial charge in [-0.05, 0) is 79.8 Å². The van der Waals surface area contributed by atoms with Gasteiger partial charge in [0, 0.05) is 12.2 Å². The second kappa shape index (κ2) is 8.01. The predicted molar refractivity (Wildman–Crippen MR) is 122 cm³/mol. The Hall–Kier alpha value is -2.84. The number of fused-ring (bicyclic) bond motifs is 1. The lowest BCUT2D eigenvalue weighted by molar-refractivity contribution is 0.586. The van der Waals surface area contributed by atoms with Crippen LogP contribution in [0.15, 0.2) is 76.5 Å². The topological polar surface area (TPSA) is 83.6 Å². The van der Waals surface area contributed by atoms with Gasteiger partial charge in [-0.2, -0.15) is 0 Å². The van der Waals surface area contributed by atoms with Gasteiger partial charge in [-0.3, -0.25) is 9.03 Å². The molecule has 3 aromatic carbocycles. The van der Waals surface area contributed by atoms with E-state index in [2.05, 4.69) is 4.72 Å². The van der Waals surface area contributed by atoms with Crippen LogP contribution in [0.5, 0.6) is 0 Å². The number of nitrogens with zero attached hydrogens (tertiary/aromatic N) is 1. The molecule has 6 nitrogen and oxygen atoms in total. The summed E-state index contributed by atoms with van der Waals surface area (Å²) in [5.41, 5.74) is 3.32. The molecule has 0 aliphatic carbocycles. The van der Waals surface area contributed by atoms with Crippen LogP contribution in [0.1, 0.15) is 23.1 Å². The Kier molecular flexibility index (Phi) is 5.53. The molecule has 31 heavy (non-hydrogen) atoms. The summed E-state index contributed by atoms with van der Waals surface area (Å²) in [6, 6.07) is 18.6. The summed E-state index contributed by atoms with van der Waals surface area (Å²) in [4.78, 5) is 0.473. The van der Waals surface area contributed by atoms with E-state index >= 15 is 0 Å². The fourth-order valence-electron chi connectivity index (χ4n) is 3.80. The fourth-order valence-corrected chi connectivity index (χ4v) is 6.74. The van der Waals surface area contributed by atoms with Crippen molar-refractivity contribution in [1.29, 1.82) is 0 Å². The van der Waals surface area contributed by atoms with Crippen molar-refractivity contribution in [1.82, 2.24) is 0 Å². The maximum Gasteiger partial charge on any atom is 0.264 e. The van der Waals surface area contributed by atoms with Gasteiger partial charge in [0.2, 0.25) is 0 Å². The average molecular weight is 457 g/mol. The van der Waals surface area contributed by atoms with Crippen molar-refractivity contribution in [3.05, 3.63) is 83.4 Å². The summed E-state index contributed by atoms with van der Waals surface area (Å²) >= 11 is 0. The number of aryl methyl sites for hydroxylation is 3. The molecule has 0 spiro atoms. The van der Waals surface area contributed by atoms with Crippen molar-refractivity contribution in [2.24, 2.45) is 0 Å². The van der Waals surface area contributed by atoms with Crippen molar-refractivity contribution in [3.63, 3.8) is 0 Å². The van der Waals surface area contributed by atoms with E-state index in [-0.39, 0.29) is 9.79 Å². The van der Waals surface area contributed by atoms with Crippen molar-refractivity contribution < 1.29 is 16.8 Å². The molecule has 3 aromatic rings. The Balaban J connectivity index is 1.67. The van der Waals surface area contributed by atoms with Gasteiger partial charge < -0.3 is 0 Å². The number of rotatable bonds is 5. The van der Waals surface area contributed by atoms with Gasteiger partial charge in [-0.15, -0.1) is 0 Å². The van der Waals surface area contributed by atoms with Crippen LogP contribution in [0, 0.1) is 13.8 Å². The summed E-state index contributed by atoms with van der Waals surface area (Å²) in [6.45, 7) is 3.99. The zero-order valence-corrected chi connectivity index (χ0v) is 19.0. The minimum Gasteiger partial charge on any atom is -0.280 e. The van der Waals surface area contributed by atoms with E-state index in [0.29, 0.717) is 36.3 Å². The number of sulfonamides is 2. The first-order valence-electron chi connectivity index (χ1n) is 9.99. The molecule has 4 rings (SSSR count). The minimum absolute atomic E-state index is 0.235. The zero-order chi connectivity index (χ0) is 22.2. The smallest absolute Gasteiger partial charge is 0.264 e. The molecule has 0 saturated carbocycles.